The Labute approximate surface area is 88.1 Å². The number of benzene rings is 1. The third-order valence-electron chi connectivity index (χ3n) is 2.79. The van der Waals surface area contributed by atoms with Crippen molar-refractivity contribution in [2.24, 2.45) is 0 Å². The van der Waals surface area contributed by atoms with Crippen LogP contribution < -0.4 is 0 Å². The Bertz CT molecular complexity index is 384. The molecular weight excluding hydrogens is 192 g/mol. The summed E-state index contributed by atoms with van der Waals surface area (Å²) in [6.07, 6.45) is 1.27. The zero-order valence-electron chi connectivity index (χ0n) is 8.31. The highest BCUT2D eigenvalue weighted by Gasteiger charge is 2.28. The maximum atomic E-state index is 11.6. The summed E-state index contributed by atoms with van der Waals surface area (Å²) in [6, 6.07) is 7.65. The number of hydrogen-bond acceptors (Lipinski definition) is 3. The van der Waals surface area contributed by atoms with Crippen molar-refractivity contribution in [1.29, 1.82) is 0 Å². The Morgan fingerprint density at radius 3 is 3.00 bits per heavy atom. The molecule has 1 unspecified atom stereocenters. The van der Waals surface area contributed by atoms with E-state index in [0.29, 0.717) is 19.5 Å². The van der Waals surface area contributed by atoms with Crippen molar-refractivity contribution in [1.82, 2.24) is 0 Å². The minimum atomic E-state index is 0.196. The first kappa shape index (κ1) is 9.90. The maximum absolute atomic E-state index is 11.6. The number of Topliss-reactive ketones (excluding diaryl/α,β-unsaturated/α-hetero) is 1. The van der Waals surface area contributed by atoms with Crippen LogP contribution in [0, 0.1) is 0 Å². The average Bonchev–Trinajstić information content (AvgIpc) is 2.58. The fourth-order valence-electron chi connectivity index (χ4n) is 2.07. The van der Waals surface area contributed by atoms with Gasteiger partial charge in [0.2, 0.25) is 0 Å². The first-order chi connectivity index (χ1) is 7.33. The quantitative estimate of drug-likeness (QED) is 0.556. The fraction of sp³-hybridized carbons (Fsp3) is 0.333. The number of rotatable bonds is 4. The molecule has 0 bridgehead atoms. The minimum Gasteiger partial charge on any atom is -0.468 e. The predicted molar refractivity (Wildman–Crippen MR) is 54.8 cm³/mol. The third kappa shape index (κ3) is 1.91. The molecule has 1 atom stereocenters. The van der Waals surface area contributed by atoms with E-state index in [0.717, 1.165) is 17.5 Å². The van der Waals surface area contributed by atoms with E-state index in [1.54, 1.807) is 0 Å². The molecule has 0 aliphatic heterocycles. The molecule has 0 aromatic heterocycles. The average molecular weight is 204 g/mol. The van der Waals surface area contributed by atoms with Crippen LogP contribution in [0.15, 0.2) is 24.3 Å². The highest BCUT2D eigenvalue weighted by atomic mass is 16.5. The lowest BCUT2D eigenvalue weighted by Gasteiger charge is -2.08. The number of ether oxygens (including phenoxy) is 1. The first-order valence-electron chi connectivity index (χ1n) is 5.00. The number of carbonyl (C=O) groups is 2. The molecular formula is C12H12O3. The summed E-state index contributed by atoms with van der Waals surface area (Å²) in [5.41, 5.74) is 1.92. The largest absolute Gasteiger partial charge is 0.468 e. The lowest BCUT2D eigenvalue weighted by atomic mass is 9.98. The molecule has 0 heterocycles. The summed E-state index contributed by atoms with van der Waals surface area (Å²) < 4.78 is 4.65. The molecule has 1 aliphatic carbocycles. The number of carbonyl (C=O) groups excluding carboxylic acids is 2. The first-order valence-corrected chi connectivity index (χ1v) is 5.00. The summed E-state index contributed by atoms with van der Waals surface area (Å²) in [6.45, 7) is 0.832. The van der Waals surface area contributed by atoms with E-state index < -0.39 is 0 Å². The van der Waals surface area contributed by atoms with Crippen LogP contribution in [-0.2, 0) is 9.53 Å². The summed E-state index contributed by atoms with van der Waals surface area (Å²) in [7, 11) is 0. The Hall–Kier alpha value is -1.64. The Morgan fingerprint density at radius 1 is 1.40 bits per heavy atom. The smallest absolute Gasteiger partial charge is 0.293 e. The van der Waals surface area contributed by atoms with E-state index in [9.17, 15) is 9.59 Å². The molecule has 0 fully saturated rings. The molecule has 1 aromatic rings. The summed E-state index contributed by atoms with van der Waals surface area (Å²) in [4.78, 5) is 21.6. The summed E-state index contributed by atoms with van der Waals surface area (Å²) >= 11 is 0. The van der Waals surface area contributed by atoms with Gasteiger partial charge < -0.3 is 4.74 Å². The van der Waals surface area contributed by atoms with E-state index in [-0.39, 0.29) is 11.7 Å². The van der Waals surface area contributed by atoms with Crippen molar-refractivity contribution in [2.75, 3.05) is 6.61 Å². The van der Waals surface area contributed by atoms with Gasteiger partial charge in [0, 0.05) is 12.0 Å². The molecule has 0 N–H and O–H groups in total. The number of ketones is 1. The lowest BCUT2D eigenvalue weighted by Crippen LogP contribution is -2.00. The zero-order chi connectivity index (χ0) is 10.7. The van der Waals surface area contributed by atoms with Crippen molar-refractivity contribution in [3.05, 3.63) is 35.4 Å². The zero-order valence-corrected chi connectivity index (χ0v) is 8.31. The van der Waals surface area contributed by atoms with Gasteiger partial charge in [-0.15, -0.1) is 0 Å². The van der Waals surface area contributed by atoms with Gasteiger partial charge >= 0.3 is 0 Å². The predicted octanol–water partition coefficient (Wildman–Crippen LogP) is 1.92. The second-order valence-corrected chi connectivity index (χ2v) is 3.67. The van der Waals surface area contributed by atoms with Gasteiger partial charge in [0.15, 0.2) is 5.78 Å². The van der Waals surface area contributed by atoms with Crippen LogP contribution in [0.1, 0.15) is 34.7 Å². The molecule has 0 saturated heterocycles. The summed E-state index contributed by atoms with van der Waals surface area (Å²) in [5.74, 6) is 0.412. The van der Waals surface area contributed by atoms with Gasteiger partial charge in [0.25, 0.3) is 6.47 Å². The van der Waals surface area contributed by atoms with Gasteiger partial charge in [-0.1, -0.05) is 24.3 Å². The standard InChI is InChI=1S/C12H12O3/c13-8-15-6-5-9-7-12(14)11-4-2-1-3-10(9)11/h1-4,8-9H,5-7H2. The highest BCUT2D eigenvalue weighted by Crippen LogP contribution is 2.34. The fourth-order valence-corrected chi connectivity index (χ4v) is 2.07. The van der Waals surface area contributed by atoms with Gasteiger partial charge in [-0.3, -0.25) is 9.59 Å². The van der Waals surface area contributed by atoms with Gasteiger partial charge in [-0.25, -0.2) is 0 Å². The molecule has 15 heavy (non-hydrogen) atoms. The van der Waals surface area contributed by atoms with Crippen LogP contribution in [0.25, 0.3) is 0 Å². The van der Waals surface area contributed by atoms with Crippen molar-refractivity contribution in [3.8, 4) is 0 Å². The minimum absolute atomic E-state index is 0.196. The van der Waals surface area contributed by atoms with Gasteiger partial charge in [-0.2, -0.15) is 0 Å². The van der Waals surface area contributed by atoms with Gasteiger partial charge in [0.1, 0.15) is 0 Å². The second kappa shape index (κ2) is 4.26. The molecule has 78 valence electrons. The van der Waals surface area contributed by atoms with Crippen LogP contribution in [-0.4, -0.2) is 18.9 Å². The van der Waals surface area contributed by atoms with Crippen molar-refractivity contribution in [2.45, 2.75) is 18.8 Å². The molecule has 0 amide bonds. The number of fused-ring (bicyclic) bond motifs is 1. The molecule has 2 rings (SSSR count). The lowest BCUT2D eigenvalue weighted by molar-refractivity contribution is -0.128. The van der Waals surface area contributed by atoms with Crippen LogP contribution in [0.4, 0.5) is 0 Å². The highest BCUT2D eigenvalue weighted by molar-refractivity contribution is 6.01. The third-order valence-corrected chi connectivity index (χ3v) is 2.79. The SMILES string of the molecule is O=COCCC1CC(=O)c2ccccc21. The molecule has 1 aliphatic rings. The molecule has 1 aromatic carbocycles. The Balaban J connectivity index is 2.11. The normalized spacial score (nSPS) is 18.7. The Kier molecular flexibility index (Phi) is 2.81. The van der Waals surface area contributed by atoms with Crippen LogP contribution in [0.5, 0.6) is 0 Å². The second-order valence-electron chi connectivity index (χ2n) is 3.67. The van der Waals surface area contributed by atoms with E-state index >= 15 is 0 Å². The monoisotopic (exact) mass is 204 g/mol. The Morgan fingerprint density at radius 2 is 2.20 bits per heavy atom. The van der Waals surface area contributed by atoms with Crippen LogP contribution in [0.3, 0.4) is 0 Å². The topological polar surface area (TPSA) is 43.4 Å². The van der Waals surface area contributed by atoms with E-state index in [4.69, 9.17) is 0 Å². The van der Waals surface area contributed by atoms with Crippen molar-refractivity contribution >= 4 is 12.3 Å². The van der Waals surface area contributed by atoms with E-state index in [1.165, 1.54) is 0 Å². The number of hydrogen-bond donors (Lipinski definition) is 0. The molecule has 0 radical (unpaired) electrons. The van der Waals surface area contributed by atoms with Crippen LogP contribution >= 0.6 is 0 Å². The van der Waals surface area contributed by atoms with E-state index in [2.05, 4.69) is 4.74 Å². The molecule has 0 spiro atoms. The maximum Gasteiger partial charge on any atom is 0.293 e. The molecule has 0 saturated carbocycles. The van der Waals surface area contributed by atoms with Crippen LogP contribution in [0.2, 0.25) is 0 Å². The van der Waals surface area contributed by atoms with Gasteiger partial charge in [0.05, 0.1) is 6.61 Å². The van der Waals surface area contributed by atoms with Gasteiger partial charge in [-0.05, 0) is 17.9 Å². The summed E-state index contributed by atoms with van der Waals surface area (Å²) in [5, 5.41) is 0. The molecule has 3 nitrogen and oxygen atoms in total. The van der Waals surface area contributed by atoms with Crippen molar-refractivity contribution < 1.29 is 14.3 Å². The van der Waals surface area contributed by atoms with E-state index in [1.807, 2.05) is 24.3 Å². The molecule has 3 heteroatoms. The van der Waals surface area contributed by atoms with Crippen molar-refractivity contribution in [3.63, 3.8) is 0 Å².